The molecule has 0 spiro atoms. The predicted octanol–water partition coefficient (Wildman–Crippen LogP) is 1.55. The van der Waals surface area contributed by atoms with Crippen molar-refractivity contribution in [3.63, 3.8) is 0 Å². The first kappa shape index (κ1) is 13.4. The van der Waals surface area contributed by atoms with Crippen molar-refractivity contribution in [3.05, 3.63) is 31.0 Å². The minimum atomic E-state index is -0.417. The molecule has 0 amide bonds. The Hall–Kier alpha value is -1.04. The smallest absolute Gasteiger partial charge is 0.335 e. The lowest BCUT2D eigenvalue weighted by Gasteiger charge is -2.30. The molecule has 1 aliphatic rings. The summed E-state index contributed by atoms with van der Waals surface area (Å²) in [6, 6.07) is -0.0366. The molecule has 2 rings (SSSR count). The van der Waals surface area contributed by atoms with E-state index in [1.807, 2.05) is 0 Å². The molecule has 1 saturated carbocycles. The third-order valence-corrected chi connectivity index (χ3v) is 4.81. The third kappa shape index (κ3) is 2.02. The lowest BCUT2D eigenvalue weighted by Crippen LogP contribution is -2.48. The fourth-order valence-corrected chi connectivity index (χ4v) is 3.07. The van der Waals surface area contributed by atoms with E-state index in [1.165, 1.54) is 4.57 Å². The summed E-state index contributed by atoms with van der Waals surface area (Å²) in [6.07, 6.45) is 4.13. The topological polar surface area (TPSA) is 70.0 Å². The van der Waals surface area contributed by atoms with Crippen LogP contribution in [-0.4, -0.2) is 9.24 Å². The highest BCUT2D eigenvalue weighted by molar-refractivity contribution is 9.10. The summed E-state index contributed by atoms with van der Waals surface area (Å²) in [4.78, 5) is 24.4. The summed E-state index contributed by atoms with van der Waals surface area (Å²) >= 11 is 3.23. The number of nitrogens with two attached hydrogens (primary N) is 1. The number of halogens is 1. The largest absolute Gasteiger partial charge is 0.349 e. The standard InChI is InChI=1S/C12H18BrN3O2/c1-7-5-3-4-6-9(7)15-11(17)10(13)8(2)16(14)12(15)18/h7,9H,3-6,14H2,1-2H3. The maximum Gasteiger partial charge on any atom is 0.349 e. The quantitative estimate of drug-likeness (QED) is 0.799. The molecule has 1 aliphatic carbocycles. The van der Waals surface area contributed by atoms with Gasteiger partial charge in [0.25, 0.3) is 5.56 Å². The molecular weight excluding hydrogens is 298 g/mol. The van der Waals surface area contributed by atoms with Gasteiger partial charge < -0.3 is 5.84 Å². The van der Waals surface area contributed by atoms with Crippen molar-refractivity contribution >= 4 is 15.9 Å². The van der Waals surface area contributed by atoms with Gasteiger partial charge in [0, 0.05) is 6.04 Å². The molecule has 2 N–H and O–H groups in total. The number of aromatic nitrogens is 2. The van der Waals surface area contributed by atoms with Crippen LogP contribution in [0.4, 0.5) is 0 Å². The van der Waals surface area contributed by atoms with Gasteiger partial charge in [-0.2, -0.15) is 0 Å². The van der Waals surface area contributed by atoms with Crippen molar-refractivity contribution < 1.29 is 0 Å². The van der Waals surface area contributed by atoms with E-state index in [0.29, 0.717) is 16.1 Å². The van der Waals surface area contributed by atoms with Crippen molar-refractivity contribution in [1.82, 2.24) is 9.24 Å². The number of hydrogen-bond donors (Lipinski definition) is 1. The average molecular weight is 316 g/mol. The SMILES string of the molecule is Cc1c(Br)c(=O)n(C2CCCCC2C)c(=O)n1N. The lowest BCUT2D eigenvalue weighted by molar-refractivity contribution is 0.242. The van der Waals surface area contributed by atoms with Gasteiger partial charge in [-0.1, -0.05) is 19.8 Å². The zero-order valence-corrected chi connectivity index (χ0v) is 12.2. The van der Waals surface area contributed by atoms with Crippen LogP contribution in [0.2, 0.25) is 0 Å². The van der Waals surface area contributed by atoms with Gasteiger partial charge in [0.2, 0.25) is 0 Å². The van der Waals surface area contributed by atoms with Gasteiger partial charge in [-0.25, -0.2) is 9.47 Å². The molecule has 0 aromatic carbocycles. The molecule has 0 bridgehead atoms. The van der Waals surface area contributed by atoms with Crippen LogP contribution in [0.25, 0.3) is 0 Å². The van der Waals surface area contributed by atoms with Gasteiger partial charge in [0.1, 0.15) is 4.47 Å². The van der Waals surface area contributed by atoms with Crippen molar-refractivity contribution in [2.24, 2.45) is 5.92 Å². The van der Waals surface area contributed by atoms with Crippen molar-refractivity contribution in [3.8, 4) is 0 Å². The van der Waals surface area contributed by atoms with Gasteiger partial charge in [-0.3, -0.25) is 9.36 Å². The molecule has 0 saturated heterocycles. The van der Waals surface area contributed by atoms with E-state index in [2.05, 4.69) is 22.9 Å². The lowest BCUT2D eigenvalue weighted by atomic mass is 9.86. The van der Waals surface area contributed by atoms with E-state index in [1.54, 1.807) is 6.92 Å². The Balaban J connectivity index is 2.64. The van der Waals surface area contributed by atoms with Crippen LogP contribution in [0.15, 0.2) is 14.1 Å². The molecule has 2 atom stereocenters. The summed E-state index contributed by atoms with van der Waals surface area (Å²) in [5.41, 5.74) is -0.220. The highest BCUT2D eigenvalue weighted by Crippen LogP contribution is 2.31. The molecule has 1 fully saturated rings. The summed E-state index contributed by atoms with van der Waals surface area (Å²) in [6.45, 7) is 3.74. The van der Waals surface area contributed by atoms with Crippen LogP contribution in [0.5, 0.6) is 0 Å². The molecule has 5 nitrogen and oxygen atoms in total. The van der Waals surface area contributed by atoms with E-state index in [0.717, 1.165) is 30.4 Å². The second-order valence-electron chi connectivity index (χ2n) is 5.06. The summed E-state index contributed by atoms with van der Waals surface area (Å²) in [5.74, 6) is 6.05. The zero-order valence-electron chi connectivity index (χ0n) is 10.6. The second-order valence-corrected chi connectivity index (χ2v) is 5.85. The van der Waals surface area contributed by atoms with Crippen LogP contribution in [0.1, 0.15) is 44.3 Å². The second kappa shape index (κ2) is 4.91. The first-order valence-electron chi connectivity index (χ1n) is 6.24. The molecule has 1 aromatic heterocycles. The predicted molar refractivity (Wildman–Crippen MR) is 74.2 cm³/mol. The van der Waals surface area contributed by atoms with Gasteiger partial charge in [0.05, 0.1) is 5.69 Å². The first-order valence-corrected chi connectivity index (χ1v) is 7.03. The normalized spacial score (nSPS) is 24.2. The van der Waals surface area contributed by atoms with Crippen LogP contribution < -0.4 is 17.1 Å². The molecule has 6 heteroatoms. The van der Waals surface area contributed by atoms with E-state index in [4.69, 9.17) is 5.84 Å². The summed E-state index contributed by atoms with van der Waals surface area (Å²) < 4.78 is 2.75. The van der Waals surface area contributed by atoms with Crippen LogP contribution in [0, 0.1) is 12.8 Å². The minimum Gasteiger partial charge on any atom is -0.335 e. The molecule has 0 radical (unpaired) electrons. The van der Waals surface area contributed by atoms with Crippen LogP contribution in [-0.2, 0) is 0 Å². The third-order valence-electron chi connectivity index (χ3n) is 3.90. The molecule has 1 aromatic rings. The van der Waals surface area contributed by atoms with E-state index in [9.17, 15) is 9.59 Å². The molecule has 100 valence electrons. The number of rotatable bonds is 1. The van der Waals surface area contributed by atoms with Crippen LogP contribution in [0.3, 0.4) is 0 Å². The molecule has 2 unspecified atom stereocenters. The minimum absolute atomic E-state index is 0.0366. The Labute approximate surface area is 114 Å². The fraction of sp³-hybridized carbons (Fsp3) is 0.667. The first-order chi connectivity index (χ1) is 8.45. The maximum absolute atomic E-state index is 12.3. The Morgan fingerprint density at radius 3 is 2.50 bits per heavy atom. The number of hydrogen-bond acceptors (Lipinski definition) is 3. The monoisotopic (exact) mass is 315 g/mol. The molecule has 0 aliphatic heterocycles. The number of nitrogen functional groups attached to an aromatic ring is 1. The molecule has 18 heavy (non-hydrogen) atoms. The highest BCUT2D eigenvalue weighted by atomic mass is 79.9. The van der Waals surface area contributed by atoms with Crippen LogP contribution >= 0.6 is 15.9 Å². The van der Waals surface area contributed by atoms with E-state index in [-0.39, 0.29) is 11.6 Å². The summed E-state index contributed by atoms with van der Waals surface area (Å²) in [5, 5.41) is 0. The van der Waals surface area contributed by atoms with Gasteiger partial charge in [0.15, 0.2) is 0 Å². The van der Waals surface area contributed by atoms with Crippen molar-refractivity contribution in [1.29, 1.82) is 0 Å². The van der Waals surface area contributed by atoms with E-state index >= 15 is 0 Å². The highest BCUT2D eigenvalue weighted by Gasteiger charge is 2.27. The molecule has 1 heterocycles. The van der Waals surface area contributed by atoms with Crippen molar-refractivity contribution in [2.75, 3.05) is 5.84 Å². The van der Waals surface area contributed by atoms with Gasteiger partial charge >= 0.3 is 5.69 Å². The molecular formula is C12H18BrN3O2. The van der Waals surface area contributed by atoms with Gasteiger partial charge in [-0.05, 0) is 41.6 Å². The van der Waals surface area contributed by atoms with Gasteiger partial charge in [-0.15, -0.1) is 0 Å². The fourth-order valence-electron chi connectivity index (χ4n) is 2.69. The Morgan fingerprint density at radius 2 is 1.89 bits per heavy atom. The zero-order chi connectivity index (χ0) is 13.4. The average Bonchev–Trinajstić information content (AvgIpc) is 2.36. The maximum atomic E-state index is 12.3. The number of nitrogens with zero attached hydrogens (tertiary/aromatic N) is 2. The Morgan fingerprint density at radius 1 is 1.28 bits per heavy atom. The summed E-state index contributed by atoms with van der Waals surface area (Å²) in [7, 11) is 0. The Bertz CT molecular complexity index is 539. The Kier molecular flexibility index (Phi) is 3.66. The van der Waals surface area contributed by atoms with E-state index < -0.39 is 5.69 Å². The van der Waals surface area contributed by atoms with Crippen molar-refractivity contribution in [2.45, 2.75) is 45.6 Å².